The van der Waals surface area contributed by atoms with Gasteiger partial charge in [0.05, 0.1) is 11.4 Å². The van der Waals surface area contributed by atoms with Gasteiger partial charge in [-0.15, -0.1) is 0 Å². The van der Waals surface area contributed by atoms with Crippen LogP contribution in [-0.4, -0.2) is 12.8 Å². The van der Waals surface area contributed by atoms with Crippen molar-refractivity contribution in [3.8, 4) is 22.3 Å². The Morgan fingerprint density at radius 1 is 0.824 bits per heavy atom. The maximum Gasteiger partial charge on any atom is 0.0553 e. The first-order chi connectivity index (χ1) is 16.5. The zero-order valence-electron chi connectivity index (χ0n) is 19.0. The lowest BCUT2D eigenvalue weighted by atomic mass is 9.97. The third-order valence-electron chi connectivity index (χ3n) is 6.29. The lowest BCUT2D eigenvalue weighted by Crippen LogP contribution is -2.20. The van der Waals surface area contributed by atoms with Crippen LogP contribution in [0.1, 0.15) is 18.1 Å². The Bertz CT molecular complexity index is 1330. The van der Waals surface area contributed by atoms with Crippen molar-refractivity contribution in [1.29, 1.82) is 5.41 Å². The fourth-order valence-electron chi connectivity index (χ4n) is 4.62. The van der Waals surface area contributed by atoms with Gasteiger partial charge in [0.1, 0.15) is 0 Å². The van der Waals surface area contributed by atoms with Gasteiger partial charge in [0.15, 0.2) is 0 Å². The second kappa shape index (κ2) is 8.76. The fraction of sp³-hybridized carbons (Fsp3) is 0.0690. The average molecular weight is 463 g/mol. The van der Waals surface area contributed by atoms with E-state index in [1.54, 1.807) is 11.8 Å². The number of benzene rings is 4. The van der Waals surface area contributed by atoms with E-state index >= 15 is 0 Å². The van der Waals surface area contributed by atoms with Crippen LogP contribution in [0.25, 0.3) is 28.3 Å². The Kier molecular flexibility index (Phi) is 5.64. The molecule has 0 saturated carbocycles. The minimum absolute atomic E-state index is 0.614. The fourth-order valence-corrected chi connectivity index (χ4v) is 5.79. The number of hydrogen-bond donors (Lipinski definition) is 3. The summed E-state index contributed by atoms with van der Waals surface area (Å²) in [5.41, 5.74) is 22.0. The molecule has 1 heterocycles. The van der Waals surface area contributed by atoms with E-state index in [4.69, 9.17) is 16.9 Å². The van der Waals surface area contributed by atoms with Crippen LogP contribution >= 0.6 is 11.8 Å². The zero-order valence-corrected chi connectivity index (χ0v) is 19.8. The molecule has 0 unspecified atom stereocenters. The van der Waals surface area contributed by atoms with Crippen LogP contribution in [0, 0.1) is 5.41 Å². The summed E-state index contributed by atoms with van der Waals surface area (Å²) < 4.78 is 0. The van der Waals surface area contributed by atoms with Gasteiger partial charge in [-0.3, -0.25) is 0 Å². The molecule has 0 radical (unpaired) electrons. The van der Waals surface area contributed by atoms with Crippen LogP contribution in [0.3, 0.4) is 0 Å². The van der Waals surface area contributed by atoms with Gasteiger partial charge in [0.25, 0.3) is 0 Å². The van der Waals surface area contributed by atoms with E-state index in [-0.39, 0.29) is 0 Å². The molecule has 0 spiro atoms. The van der Waals surface area contributed by atoms with Crippen LogP contribution in [0.15, 0.2) is 89.2 Å². The van der Waals surface area contributed by atoms with Gasteiger partial charge in [-0.05, 0) is 65.6 Å². The molecule has 4 aromatic rings. The Labute approximate surface area is 204 Å². The van der Waals surface area contributed by atoms with E-state index in [9.17, 15) is 0 Å². The molecule has 34 heavy (non-hydrogen) atoms. The molecule has 0 aromatic heterocycles. The molecule has 0 atom stereocenters. The van der Waals surface area contributed by atoms with Gasteiger partial charge in [-0.2, -0.15) is 0 Å². The lowest BCUT2D eigenvalue weighted by molar-refractivity contribution is 0.980. The van der Waals surface area contributed by atoms with E-state index in [1.807, 2.05) is 36.4 Å². The topological polar surface area (TPSA) is 79.1 Å². The molecule has 5 heteroatoms. The van der Waals surface area contributed by atoms with Gasteiger partial charge in [0.2, 0.25) is 0 Å². The van der Waals surface area contributed by atoms with Crippen molar-refractivity contribution in [3.05, 3.63) is 90.5 Å². The summed E-state index contributed by atoms with van der Waals surface area (Å²) >= 11 is 1.77. The number of nitrogens with one attached hydrogen (secondary N) is 1. The number of fused-ring (bicyclic) bond motifs is 2. The molecule has 168 valence electrons. The number of nitrogens with zero attached hydrogens (tertiary/aromatic N) is 1. The summed E-state index contributed by atoms with van der Waals surface area (Å²) in [7, 11) is 0. The highest BCUT2D eigenvalue weighted by Crippen LogP contribution is 2.50. The minimum atomic E-state index is 0.614. The molecular weight excluding hydrogens is 436 g/mol. The molecule has 0 saturated heterocycles. The van der Waals surface area contributed by atoms with E-state index in [0.29, 0.717) is 5.69 Å². The number of hydrogen-bond acceptors (Lipinski definition) is 5. The van der Waals surface area contributed by atoms with Gasteiger partial charge in [0, 0.05) is 45.1 Å². The molecule has 4 aromatic carbocycles. The smallest absolute Gasteiger partial charge is 0.0553 e. The van der Waals surface area contributed by atoms with Crippen molar-refractivity contribution in [2.45, 2.75) is 16.7 Å². The van der Waals surface area contributed by atoms with Crippen LogP contribution in [0.4, 0.5) is 22.7 Å². The number of nitrogens with two attached hydrogens (primary N) is 2. The Balaban J connectivity index is 1.62. The molecule has 0 bridgehead atoms. The highest BCUT2D eigenvalue weighted by atomic mass is 32.2. The van der Waals surface area contributed by atoms with Crippen molar-refractivity contribution in [3.63, 3.8) is 0 Å². The highest BCUT2D eigenvalue weighted by Gasteiger charge is 2.24. The number of anilines is 4. The molecular formula is C29H26N4S. The predicted octanol–water partition coefficient (Wildman–Crippen LogP) is 7.45. The van der Waals surface area contributed by atoms with E-state index in [0.717, 1.165) is 45.6 Å². The quantitative estimate of drug-likeness (QED) is 0.213. The maximum absolute atomic E-state index is 7.84. The summed E-state index contributed by atoms with van der Waals surface area (Å²) in [6, 6.07) is 24.9. The van der Waals surface area contributed by atoms with E-state index in [2.05, 4.69) is 60.9 Å². The Morgan fingerprint density at radius 3 is 1.85 bits per heavy atom. The van der Waals surface area contributed by atoms with Gasteiger partial charge in [-0.25, -0.2) is 0 Å². The standard InChI is InChI=1S/C29H26N4S/c1-3-20-21(7-5-9-24(20)31)18-11-13-26-28(15-18)34-29-16-19(12-14-27(29)33(26)4-2)22-8-6-10-25(32)23(22)17-30/h3,5-17,30H,1,4,31-32H2,2H3. The highest BCUT2D eigenvalue weighted by molar-refractivity contribution is 7.99. The first kappa shape index (κ1) is 21.9. The number of nitrogen functional groups attached to an aromatic ring is 2. The summed E-state index contributed by atoms with van der Waals surface area (Å²) in [6.07, 6.45) is 3.16. The number of rotatable bonds is 5. The molecule has 5 N–H and O–H groups in total. The second-order valence-corrected chi connectivity index (χ2v) is 9.26. The van der Waals surface area contributed by atoms with E-state index in [1.165, 1.54) is 27.4 Å². The molecule has 5 rings (SSSR count). The maximum atomic E-state index is 7.84. The van der Waals surface area contributed by atoms with Crippen LogP contribution in [0.2, 0.25) is 0 Å². The minimum Gasteiger partial charge on any atom is -0.398 e. The van der Waals surface area contributed by atoms with Crippen molar-refractivity contribution in [1.82, 2.24) is 0 Å². The predicted molar refractivity (Wildman–Crippen MR) is 147 cm³/mol. The van der Waals surface area contributed by atoms with Crippen molar-refractivity contribution >= 4 is 46.8 Å². The molecule has 0 amide bonds. The van der Waals surface area contributed by atoms with Crippen molar-refractivity contribution < 1.29 is 0 Å². The lowest BCUT2D eigenvalue weighted by Gasteiger charge is -2.32. The molecule has 0 aliphatic carbocycles. The molecule has 1 aliphatic rings. The molecule has 1 aliphatic heterocycles. The second-order valence-electron chi connectivity index (χ2n) is 8.18. The Hall–Kier alpha value is -3.96. The zero-order chi connectivity index (χ0) is 23.8. The molecule has 0 fully saturated rings. The van der Waals surface area contributed by atoms with Crippen LogP contribution in [-0.2, 0) is 0 Å². The summed E-state index contributed by atoms with van der Waals surface area (Å²) in [6.45, 7) is 6.99. The Morgan fingerprint density at radius 2 is 1.35 bits per heavy atom. The van der Waals surface area contributed by atoms with E-state index < -0.39 is 0 Å². The summed E-state index contributed by atoms with van der Waals surface area (Å²) in [5.74, 6) is 0. The molecule has 4 nitrogen and oxygen atoms in total. The summed E-state index contributed by atoms with van der Waals surface area (Å²) in [4.78, 5) is 4.72. The first-order valence-corrected chi connectivity index (χ1v) is 12.0. The van der Waals surface area contributed by atoms with Gasteiger partial charge >= 0.3 is 0 Å². The SMILES string of the molecule is C=Cc1c(N)cccc1-c1ccc2c(c1)Sc1cc(-c3cccc(N)c3C=N)ccc1N2CC. The third kappa shape index (κ3) is 3.55. The monoisotopic (exact) mass is 462 g/mol. The van der Waals surface area contributed by atoms with Crippen molar-refractivity contribution in [2.75, 3.05) is 22.9 Å². The third-order valence-corrected chi connectivity index (χ3v) is 7.38. The first-order valence-electron chi connectivity index (χ1n) is 11.2. The van der Waals surface area contributed by atoms with Gasteiger partial charge in [-0.1, -0.05) is 60.8 Å². The van der Waals surface area contributed by atoms with Gasteiger partial charge < -0.3 is 21.8 Å². The average Bonchev–Trinajstić information content (AvgIpc) is 2.86. The largest absolute Gasteiger partial charge is 0.398 e. The van der Waals surface area contributed by atoms with Crippen LogP contribution < -0.4 is 16.4 Å². The normalized spacial score (nSPS) is 12.1. The van der Waals surface area contributed by atoms with Crippen molar-refractivity contribution in [2.24, 2.45) is 0 Å². The summed E-state index contributed by atoms with van der Waals surface area (Å²) in [5, 5.41) is 7.84. The van der Waals surface area contributed by atoms with Crippen LogP contribution in [0.5, 0.6) is 0 Å².